The van der Waals surface area contributed by atoms with Crippen LogP contribution < -0.4 is 10.5 Å². The molecule has 0 spiro atoms. The van der Waals surface area contributed by atoms with Gasteiger partial charge in [0.05, 0.1) is 17.2 Å². The number of benzene rings is 2. The van der Waals surface area contributed by atoms with E-state index in [4.69, 9.17) is 33.7 Å². The molecule has 0 fully saturated rings. The Bertz CT molecular complexity index is 555. The molecule has 0 amide bonds. The summed E-state index contributed by atoms with van der Waals surface area (Å²) in [5.41, 5.74) is 8.19. The van der Waals surface area contributed by atoms with Crippen LogP contribution in [0.15, 0.2) is 42.5 Å². The molecular weight excluding hydrogens is 281 g/mol. The Labute approximate surface area is 123 Å². The van der Waals surface area contributed by atoms with Crippen LogP contribution in [-0.4, -0.2) is 7.11 Å². The zero-order valence-corrected chi connectivity index (χ0v) is 12.1. The van der Waals surface area contributed by atoms with Crippen LogP contribution in [0.5, 0.6) is 5.75 Å². The molecule has 0 aliphatic rings. The van der Waals surface area contributed by atoms with Gasteiger partial charge >= 0.3 is 0 Å². The third-order valence-corrected chi connectivity index (χ3v) is 3.87. The summed E-state index contributed by atoms with van der Waals surface area (Å²) in [5, 5.41) is 1.13. The van der Waals surface area contributed by atoms with Crippen molar-refractivity contribution in [2.45, 2.75) is 12.5 Å². The van der Waals surface area contributed by atoms with Gasteiger partial charge < -0.3 is 10.5 Å². The van der Waals surface area contributed by atoms with Crippen LogP contribution in [0.25, 0.3) is 0 Å². The van der Waals surface area contributed by atoms with Gasteiger partial charge in [-0.1, -0.05) is 47.5 Å². The molecule has 2 N–H and O–H groups in total. The summed E-state index contributed by atoms with van der Waals surface area (Å²) in [6.45, 7) is 0. The lowest BCUT2D eigenvalue weighted by molar-refractivity contribution is 0.414. The van der Waals surface area contributed by atoms with Crippen molar-refractivity contribution >= 4 is 23.2 Å². The molecule has 2 rings (SSSR count). The minimum Gasteiger partial charge on any atom is -0.497 e. The van der Waals surface area contributed by atoms with E-state index in [9.17, 15) is 0 Å². The molecule has 1 atom stereocenters. The van der Waals surface area contributed by atoms with Crippen molar-refractivity contribution in [3.8, 4) is 5.75 Å². The zero-order chi connectivity index (χ0) is 13.8. The molecule has 100 valence electrons. The molecule has 2 aromatic rings. The Balaban J connectivity index is 2.15. The van der Waals surface area contributed by atoms with Crippen LogP contribution in [0.1, 0.15) is 17.2 Å². The molecule has 0 radical (unpaired) electrons. The molecule has 1 unspecified atom stereocenters. The fourth-order valence-electron chi connectivity index (χ4n) is 1.91. The fourth-order valence-corrected chi connectivity index (χ4v) is 2.31. The second-order valence-electron chi connectivity index (χ2n) is 4.30. The first-order valence-electron chi connectivity index (χ1n) is 5.94. The van der Waals surface area contributed by atoms with Gasteiger partial charge in [0.25, 0.3) is 0 Å². The molecule has 2 nitrogen and oxygen atoms in total. The van der Waals surface area contributed by atoms with E-state index in [2.05, 4.69) is 0 Å². The monoisotopic (exact) mass is 295 g/mol. The summed E-state index contributed by atoms with van der Waals surface area (Å²) >= 11 is 12.2. The number of hydrogen-bond acceptors (Lipinski definition) is 2. The van der Waals surface area contributed by atoms with Crippen molar-refractivity contribution in [3.05, 3.63) is 63.6 Å². The molecule has 19 heavy (non-hydrogen) atoms. The average molecular weight is 296 g/mol. The van der Waals surface area contributed by atoms with Crippen molar-refractivity contribution in [2.75, 3.05) is 7.11 Å². The summed E-state index contributed by atoms with van der Waals surface area (Å²) < 4.78 is 5.12. The molecule has 0 saturated carbocycles. The Morgan fingerprint density at radius 2 is 1.79 bits per heavy atom. The highest BCUT2D eigenvalue weighted by atomic mass is 35.5. The van der Waals surface area contributed by atoms with Crippen molar-refractivity contribution in [1.82, 2.24) is 0 Å². The number of methoxy groups -OCH3 is 1. The van der Waals surface area contributed by atoms with E-state index in [1.165, 1.54) is 0 Å². The summed E-state index contributed by atoms with van der Waals surface area (Å²) in [5.74, 6) is 0.816. The lowest BCUT2D eigenvalue weighted by Crippen LogP contribution is -2.13. The normalized spacial score (nSPS) is 12.2. The lowest BCUT2D eigenvalue weighted by Gasteiger charge is -2.14. The Morgan fingerprint density at radius 1 is 1.11 bits per heavy atom. The predicted molar refractivity (Wildman–Crippen MR) is 80.1 cm³/mol. The maximum absolute atomic E-state index is 6.19. The van der Waals surface area contributed by atoms with Crippen LogP contribution in [-0.2, 0) is 6.42 Å². The van der Waals surface area contributed by atoms with Crippen molar-refractivity contribution < 1.29 is 4.74 Å². The number of ether oxygens (including phenoxy) is 1. The number of nitrogens with two attached hydrogens (primary N) is 1. The number of halogens is 2. The van der Waals surface area contributed by atoms with Crippen molar-refractivity contribution in [3.63, 3.8) is 0 Å². The first-order valence-corrected chi connectivity index (χ1v) is 6.70. The van der Waals surface area contributed by atoms with Crippen molar-refractivity contribution in [2.24, 2.45) is 5.73 Å². The van der Waals surface area contributed by atoms with E-state index in [0.29, 0.717) is 16.5 Å². The predicted octanol–water partition coefficient (Wildman–Crippen LogP) is 4.24. The second kappa shape index (κ2) is 6.29. The fraction of sp³-hybridized carbons (Fsp3) is 0.200. The Kier molecular flexibility index (Phi) is 4.70. The Morgan fingerprint density at radius 3 is 2.42 bits per heavy atom. The third-order valence-electron chi connectivity index (χ3n) is 3.02. The average Bonchev–Trinajstić information content (AvgIpc) is 2.44. The standard InChI is InChI=1S/C15H15Cl2NO/c1-19-12-7-5-10(6-8-12)14(18)9-11-3-2-4-13(16)15(11)17/h2-8,14H,9,18H2,1H3. The molecule has 0 aliphatic heterocycles. The van der Waals surface area contributed by atoms with Crippen molar-refractivity contribution in [1.29, 1.82) is 0 Å². The maximum Gasteiger partial charge on any atom is 0.118 e. The molecule has 0 bridgehead atoms. The van der Waals surface area contributed by atoms with E-state index in [1.807, 2.05) is 36.4 Å². The van der Waals surface area contributed by atoms with Gasteiger partial charge in [0.1, 0.15) is 5.75 Å². The van der Waals surface area contributed by atoms with E-state index in [0.717, 1.165) is 16.9 Å². The minimum absolute atomic E-state index is 0.123. The first kappa shape index (κ1) is 14.2. The lowest BCUT2D eigenvalue weighted by atomic mass is 9.99. The number of rotatable bonds is 4. The summed E-state index contributed by atoms with van der Waals surface area (Å²) in [6.07, 6.45) is 0.645. The maximum atomic E-state index is 6.19. The smallest absolute Gasteiger partial charge is 0.118 e. The van der Waals surface area contributed by atoms with E-state index in [-0.39, 0.29) is 6.04 Å². The highest BCUT2D eigenvalue weighted by Crippen LogP contribution is 2.28. The van der Waals surface area contributed by atoms with Gasteiger partial charge in [0, 0.05) is 6.04 Å². The Hall–Kier alpha value is -1.22. The highest BCUT2D eigenvalue weighted by molar-refractivity contribution is 6.42. The SMILES string of the molecule is COc1ccc(C(N)Cc2cccc(Cl)c2Cl)cc1. The van der Waals surface area contributed by atoms with Crippen LogP contribution in [0.4, 0.5) is 0 Å². The molecule has 0 saturated heterocycles. The third kappa shape index (κ3) is 3.41. The van der Waals surface area contributed by atoms with E-state index >= 15 is 0 Å². The van der Waals surface area contributed by atoms with Crippen LogP contribution >= 0.6 is 23.2 Å². The number of hydrogen-bond donors (Lipinski definition) is 1. The topological polar surface area (TPSA) is 35.2 Å². The van der Waals surface area contributed by atoms with Gasteiger partial charge in [-0.15, -0.1) is 0 Å². The van der Waals surface area contributed by atoms with Gasteiger partial charge in [-0.25, -0.2) is 0 Å². The minimum atomic E-state index is -0.123. The second-order valence-corrected chi connectivity index (χ2v) is 5.08. The van der Waals surface area contributed by atoms with Gasteiger partial charge in [0.15, 0.2) is 0 Å². The van der Waals surface area contributed by atoms with Gasteiger partial charge in [-0.2, -0.15) is 0 Å². The van der Waals surface area contributed by atoms with Crippen LogP contribution in [0.2, 0.25) is 10.0 Å². The first-order chi connectivity index (χ1) is 9.11. The van der Waals surface area contributed by atoms with Crippen LogP contribution in [0, 0.1) is 0 Å². The van der Waals surface area contributed by atoms with Gasteiger partial charge in [-0.3, -0.25) is 0 Å². The molecule has 2 aromatic carbocycles. The quantitative estimate of drug-likeness (QED) is 0.915. The van der Waals surface area contributed by atoms with E-state index < -0.39 is 0 Å². The highest BCUT2D eigenvalue weighted by Gasteiger charge is 2.11. The van der Waals surface area contributed by atoms with Gasteiger partial charge in [0.2, 0.25) is 0 Å². The summed E-state index contributed by atoms with van der Waals surface area (Å²) in [4.78, 5) is 0. The molecule has 0 heterocycles. The molecular formula is C15H15Cl2NO. The summed E-state index contributed by atoms with van der Waals surface area (Å²) in [7, 11) is 1.64. The van der Waals surface area contributed by atoms with E-state index in [1.54, 1.807) is 13.2 Å². The zero-order valence-electron chi connectivity index (χ0n) is 10.6. The van der Waals surface area contributed by atoms with Gasteiger partial charge in [-0.05, 0) is 35.7 Å². The molecule has 0 aliphatic carbocycles. The molecule has 0 aromatic heterocycles. The molecule has 4 heteroatoms. The largest absolute Gasteiger partial charge is 0.497 e. The van der Waals surface area contributed by atoms with Crippen LogP contribution in [0.3, 0.4) is 0 Å². The summed E-state index contributed by atoms with van der Waals surface area (Å²) in [6, 6.07) is 13.2.